The Morgan fingerprint density at radius 1 is 1.33 bits per heavy atom. The number of hydrogen-bond donors (Lipinski definition) is 1. The van der Waals surface area contributed by atoms with E-state index < -0.39 is 0 Å². The van der Waals surface area contributed by atoms with Crippen LogP contribution < -0.4 is 5.76 Å². The molecule has 1 aromatic heterocycles. The molecule has 3 nitrogen and oxygen atoms in total. The fourth-order valence-electron chi connectivity index (χ4n) is 1.79. The molecule has 0 aliphatic heterocycles. The van der Waals surface area contributed by atoms with Gasteiger partial charge in [0.1, 0.15) is 0 Å². The molecule has 0 spiro atoms. The van der Waals surface area contributed by atoms with E-state index in [2.05, 4.69) is 11.9 Å². The third-order valence-corrected chi connectivity index (χ3v) is 2.58. The van der Waals surface area contributed by atoms with E-state index in [-0.39, 0.29) is 5.76 Å². The van der Waals surface area contributed by atoms with Crippen LogP contribution in [0.15, 0.2) is 27.4 Å². The van der Waals surface area contributed by atoms with E-state index in [1.807, 2.05) is 18.2 Å². The third-order valence-electron chi connectivity index (χ3n) is 2.58. The molecule has 2 aromatic rings. The summed E-state index contributed by atoms with van der Waals surface area (Å²) >= 11 is 0. The van der Waals surface area contributed by atoms with E-state index in [0.29, 0.717) is 0 Å². The maximum atomic E-state index is 11.0. The highest BCUT2D eigenvalue weighted by Gasteiger charge is 2.05. The van der Waals surface area contributed by atoms with E-state index >= 15 is 0 Å². The highest BCUT2D eigenvalue weighted by atomic mass is 16.4. The van der Waals surface area contributed by atoms with Gasteiger partial charge >= 0.3 is 5.76 Å². The first-order chi connectivity index (χ1) is 7.31. The molecule has 0 atom stereocenters. The third kappa shape index (κ3) is 2.12. The molecule has 0 unspecified atom stereocenters. The Morgan fingerprint density at radius 2 is 2.20 bits per heavy atom. The Labute approximate surface area is 88.1 Å². The zero-order chi connectivity index (χ0) is 10.7. The number of hydrogen-bond acceptors (Lipinski definition) is 2. The van der Waals surface area contributed by atoms with Crippen molar-refractivity contribution in [3.8, 4) is 0 Å². The number of fused-ring (bicyclic) bond motifs is 1. The van der Waals surface area contributed by atoms with Crippen LogP contribution in [0.5, 0.6) is 0 Å². The van der Waals surface area contributed by atoms with Crippen molar-refractivity contribution in [2.45, 2.75) is 32.6 Å². The van der Waals surface area contributed by atoms with Gasteiger partial charge in [0.05, 0.1) is 5.52 Å². The molecule has 1 N–H and O–H groups in total. The quantitative estimate of drug-likeness (QED) is 0.780. The molecule has 0 fully saturated rings. The molecule has 0 saturated heterocycles. The minimum Gasteiger partial charge on any atom is -0.408 e. The van der Waals surface area contributed by atoms with E-state index in [9.17, 15) is 4.79 Å². The smallest absolute Gasteiger partial charge is 0.408 e. The van der Waals surface area contributed by atoms with Crippen LogP contribution in [0.25, 0.3) is 11.1 Å². The molecule has 0 saturated carbocycles. The standard InChI is InChI=1S/C12H15NO2/c1-2-3-4-6-9-7-5-8-10-11(9)15-12(14)13-10/h5,7-8H,2-4,6H2,1H3,(H,13,14). The van der Waals surface area contributed by atoms with Crippen LogP contribution in [-0.4, -0.2) is 4.98 Å². The number of rotatable bonds is 4. The number of aromatic nitrogens is 1. The summed E-state index contributed by atoms with van der Waals surface area (Å²) in [6, 6.07) is 5.84. The molecular formula is C12H15NO2. The summed E-state index contributed by atoms with van der Waals surface area (Å²) in [6.45, 7) is 2.18. The van der Waals surface area contributed by atoms with Crippen LogP contribution in [0, 0.1) is 0 Å². The second-order valence-electron chi connectivity index (χ2n) is 3.77. The van der Waals surface area contributed by atoms with Crippen molar-refractivity contribution < 1.29 is 4.42 Å². The van der Waals surface area contributed by atoms with Crippen LogP contribution in [0.4, 0.5) is 0 Å². The monoisotopic (exact) mass is 205 g/mol. The number of aryl methyl sites for hydroxylation is 1. The van der Waals surface area contributed by atoms with Crippen LogP contribution in [0.2, 0.25) is 0 Å². The Balaban J connectivity index is 2.29. The molecule has 0 bridgehead atoms. The number of aromatic amines is 1. The molecule has 15 heavy (non-hydrogen) atoms. The summed E-state index contributed by atoms with van der Waals surface area (Å²) in [5.74, 6) is -0.368. The van der Waals surface area contributed by atoms with Gasteiger partial charge in [0, 0.05) is 0 Å². The lowest BCUT2D eigenvalue weighted by atomic mass is 10.1. The Hall–Kier alpha value is -1.51. The number of nitrogens with one attached hydrogen (secondary N) is 1. The first-order valence-corrected chi connectivity index (χ1v) is 5.42. The van der Waals surface area contributed by atoms with Crippen molar-refractivity contribution in [1.29, 1.82) is 0 Å². The van der Waals surface area contributed by atoms with Gasteiger partial charge in [-0.3, -0.25) is 4.98 Å². The number of benzene rings is 1. The lowest BCUT2D eigenvalue weighted by molar-refractivity contribution is 0.550. The molecule has 1 aromatic carbocycles. The van der Waals surface area contributed by atoms with Crippen LogP contribution >= 0.6 is 0 Å². The van der Waals surface area contributed by atoms with Crippen molar-refractivity contribution in [2.24, 2.45) is 0 Å². The van der Waals surface area contributed by atoms with Crippen LogP contribution in [0.3, 0.4) is 0 Å². The topological polar surface area (TPSA) is 46.0 Å². The van der Waals surface area contributed by atoms with Gasteiger partial charge in [0.2, 0.25) is 0 Å². The first kappa shape index (κ1) is 10.0. The van der Waals surface area contributed by atoms with Gasteiger partial charge < -0.3 is 4.42 Å². The molecule has 0 amide bonds. The lowest BCUT2D eigenvalue weighted by Gasteiger charge is -2.00. The zero-order valence-electron chi connectivity index (χ0n) is 8.88. The minimum absolute atomic E-state index is 0.368. The molecule has 3 heteroatoms. The largest absolute Gasteiger partial charge is 0.417 e. The van der Waals surface area contributed by atoms with Crippen molar-refractivity contribution in [2.75, 3.05) is 0 Å². The van der Waals surface area contributed by atoms with Gasteiger partial charge in [0.15, 0.2) is 5.58 Å². The molecule has 0 aliphatic rings. The number of para-hydroxylation sites is 1. The number of unbranched alkanes of at least 4 members (excludes halogenated alkanes) is 2. The van der Waals surface area contributed by atoms with Gasteiger partial charge in [-0.05, 0) is 24.5 Å². The van der Waals surface area contributed by atoms with Crippen molar-refractivity contribution >= 4 is 11.1 Å². The molecule has 2 rings (SSSR count). The fourth-order valence-corrected chi connectivity index (χ4v) is 1.79. The van der Waals surface area contributed by atoms with Gasteiger partial charge in [-0.1, -0.05) is 31.9 Å². The van der Waals surface area contributed by atoms with Gasteiger partial charge in [-0.25, -0.2) is 4.79 Å². The van der Waals surface area contributed by atoms with Gasteiger partial charge in [-0.2, -0.15) is 0 Å². The molecule has 80 valence electrons. The lowest BCUT2D eigenvalue weighted by Crippen LogP contribution is -1.92. The van der Waals surface area contributed by atoms with Gasteiger partial charge in [-0.15, -0.1) is 0 Å². The zero-order valence-corrected chi connectivity index (χ0v) is 8.88. The second-order valence-corrected chi connectivity index (χ2v) is 3.77. The van der Waals surface area contributed by atoms with Crippen molar-refractivity contribution in [3.05, 3.63) is 34.3 Å². The Kier molecular flexibility index (Phi) is 2.90. The summed E-state index contributed by atoms with van der Waals surface area (Å²) in [4.78, 5) is 13.7. The second kappa shape index (κ2) is 4.34. The maximum absolute atomic E-state index is 11.0. The molecule has 0 radical (unpaired) electrons. The highest BCUT2D eigenvalue weighted by molar-refractivity contribution is 5.75. The van der Waals surface area contributed by atoms with Crippen LogP contribution in [0.1, 0.15) is 31.7 Å². The average Bonchev–Trinajstić information content (AvgIpc) is 2.59. The average molecular weight is 205 g/mol. The number of oxazole rings is 1. The Bertz CT molecular complexity index is 496. The molecular weight excluding hydrogens is 190 g/mol. The van der Waals surface area contributed by atoms with Crippen LogP contribution in [-0.2, 0) is 6.42 Å². The van der Waals surface area contributed by atoms with Gasteiger partial charge in [0.25, 0.3) is 0 Å². The summed E-state index contributed by atoms with van der Waals surface area (Å²) in [5.41, 5.74) is 2.65. The SMILES string of the molecule is CCCCCc1cccc2[nH]c(=O)oc12. The van der Waals surface area contributed by atoms with E-state index in [0.717, 1.165) is 29.5 Å². The van der Waals surface area contributed by atoms with E-state index in [1.165, 1.54) is 12.8 Å². The number of H-pyrrole nitrogens is 1. The van der Waals surface area contributed by atoms with Crippen molar-refractivity contribution in [1.82, 2.24) is 4.98 Å². The predicted molar refractivity (Wildman–Crippen MR) is 60.1 cm³/mol. The maximum Gasteiger partial charge on any atom is 0.417 e. The van der Waals surface area contributed by atoms with Crippen molar-refractivity contribution in [3.63, 3.8) is 0 Å². The summed E-state index contributed by atoms with van der Waals surface area (Å²) in [6.07, 6.45) is 4.54. The summed E-state index contributed by atoms with van der Waals surface area (Å²) in [7, 11) is 0. The highest BCUT2D eigenvalue weighted by Crippen LogP contribution is 2.17. The normalized spacial score (nSPS) is 11.0. The fraction of sp³-hybridized carbons (Fsp3) is 0.417. The minimum atomic E-state index is -0.368. The summed E-state index contributed by atoms with van der Waals surface area (Å²) < 4.78 is 5.12. The van der Waals surface area contributed by atoms with E-state index in [1.54, 1.807) is 0 Å². The summed E-state index contributed by atoms with van der Waals surface area (Å²) in [5, 5.41) is 0. The molecule has 1 heterocycles. The van der Waals surface area contributed by atoms with E-state index in [4.69, 9.17) is 4.42 Å². The predicted octanol–water partition coefficient (Wildman–Crippen LogP) is 2.85. The first-order valence-electron chi connectivity index (χ1n) is 5.42. The molecule has 0 aliphatic carbocycles. The Morgan fingerprint density at radius 3 is 3.00 bits per heavy atom.